The predicted molar refractivity (Wildman–Crippen MR) is 85.1 cm³/mol. The zero-order valence-electron chi connectivity index (χ0n) is 12.1. The molecule has 3 heterocycles. The lowest BCUT2D eigenvalue weighted by molar-refractivity contribution is 0.432. The van der Waals surface area contributed by atoms with E-state index in [1.54, 1.807) is 29.3 Å². The van der Waals surface area contributed by atoms with Gasteiger partial charge < -0.3 is 4.52 Å². The van der Waals surface area contributed by atoms with Gasteiger partial charge in [-0.05, 0) is 36.4 Å². The van der Waals surface area contributed by atoms with E-state index >= 15 is 0 Å². The molecule has 0 atom stereocenters. The Labute approximate surface area is 140 Å². The monoisotopic (exact) mass is 341 g/mol. The third-order valence-electron chi connectivity index (χ3n) is 3.33. The van der Waals surface area contributed by atoms with Gasteiger partial charge in [-0.15, -0.1) is 0 Å². The van der Waals surface area contributed by atoms with Crippen LogP contribution in [0, 0.1) is 5.82 Å². The van der Waals surface area contributed by atoms with E-state index in [1.165, 1.54) is 18.2 Å². The van der Waals surface area contributed by atoms with E-state index in [4.69, 9.17) is 16.1 Å². The molecule has 3 aromatic heterocycles. The summed E-state index contributed by atoms with van der Waals surface area (Å²) in [7, 11) is 0. The quantitative estimate of drug-likeness (QED) is 0.567. The van der Waals surface area contributed by atoms with Crippen molar-refractivity contribution in [1.82, 2.24) is 24.9 Å². The minimum Gasteiger partial charge on any atom is -0.334 e. The van der Waals surface area contributed by atoms with E-state index < -0.39 is 5.82 Å². The predicted octanol–water partition coefficient (Wildman–Crippen LogP) is 3.78. The van der Waals surface area contributed by atoms with Crippen molar-refractivity contribution in [3.63, 3.8) is 0 Å². The first-order valence-electron chi connectivity index (χ1n) is 6.96. The second-order valence-electron chi connectivity index (χ2n) is 4.90. The number of benzene rings is 1. The first-order valence-corrected chi connectivity index (χ1v) is 7.34. The standard InChI is InChI=1S/C16H9ClFN5O/c17-13-8-11(18)3-4-12(13)16-21-15(22-24-16)10-2-5-14(19-9-10)23-7-1-6-20-23/h1-9H. The van der Waals surface area contributed by atoms with Gasteiger partial charge >= 0.3 is 0 Å². The van der Waals surface area contributed by atoms with E-state index in [0.717, 1.165) is 0 Å². The second-order valence-corrected chi connectivity index (χ2v) is 5.31. The average molecular weight is 342 g/mol. The van der Waals surface area contributed by atoms with Gasteiger partial charge in [0.15, 0.2) is 5.82 Å². The van der Waals surface area contributed by atoms with Crippen molar-refractivity contribution < 1.29 is 8.91 Å². The van der Waals surface area contributed by atoms with Crippen LogP contribution in [0.25, 0.3) is 28.7 Å². The van der Waals surface area contributed by atoms with E-state index in [-0.39, 0.29) is 10.9 Å². The average Bonchev–Trinajstić information content (AvgIpc) is 3.27. The Hall–Kier alpha value is -3.06. The highest BCUT2D eigenvalue weighted by Crippen LogP contribution is 2.28. The van der Waals surface area contributed by atoms with Crippen LogP contribution in [0.1, 0.15) is 0 Å². The minimum atomic E-state index is -0.429. The molecule has 0 unspecified atom stereocenters. The van der Waals surface area contributed by atoms with E-state index in [2.05, 4.69) is 20.2 Å². The van der Waals surface area contributed by atoms with Crippen molar-refractivity contribution in [3.8, 4) is 28.7 Å². The number of halogens is 2. The topological polar surface area (TPSA) is 69.6 Å². The largest absolute Gasteiger partial charge is 0.334 e. The maximum atomic E-state index is 13.1. The van der Waals surface area contributed by atoms with Gasteiger partial charge in [0.1, 0.15) is 5.82 Å². The molecular weight excluding hydrogens is 333 g/mol. The zero-order valence-corrected chi connectivity index (χ0v) is 12.9. The number of aromatic nitrogens is 5. The van der Waals surface area contributed by atoms with Gasteiger partial charge in [-0.2, -0.15) is 10.1 Å². The van der Waals surface area contributed by atoms with Gasteiger partial charge in [-0.1, -0.05) is 16.8 Å². The van der Waals surface area contributed by atoms with Crippen LogP contribution in [-0.4, -0.2) is 24.9 Å². The Bertz CT molecular complexity index is 982. The summed E-state index contributed by atoms with van der Waals surface area (Å²) in [4.78, 5) is 8.60. The van der Waals surface area contributed by atoms with Crippen molar-refractivity contribution in [1.29, 1.82) is 0 Å². The normalized spacial score (nSPS) is 10.9. The van der Waals surface area contributed by atoms with Crippen molar-refractivity contribution in [2.45, 2.75) is 0 Å². The summed E-state index contributed by atoms with van der Waals surface area (Å²) in [5, 5.41) is 8.23. The summed E-state index contributed by atoms with van der Waals surface area (Å²) in [6, 6.07) is 9.39. The molecule has 118 valence electrons. The maximum Gasteiger partial charge on any atom is 0.259 e. The molecule has 0 amide bonds. The molecule has 6 nitrogen and oxygen atoms in total. The summed E-state index contributed by atoms with van der Waals surface area (Å²) >= 11 is 6.01. The van der Waals surface area contributed by atoms with Gasteiger partial charge in [0.05, 0.1) is 10.6 Å². The summed E-state index contributed by atoms with van der Waals surface area (Å²) in [5.41, 5.74) is 1.15. The molecular formula is C16H9ClFN5O. The number of rotatable bonds is 3. The number of hydrogen-bond donors (Lipinski definition) is 0. The molecule has 24 heavy (non-hydrogen) atoms. The SMILES string of the molecule is Fc1ccc(-c2nc(-c3ccc(-n4cccn4)nc3)no2)c(Cl)c1. The summed E-state index contributed by atoms with van der Waals surface area (Å²) in [5.74, 6) is 0.826. The highest BCUT2D eigenvalue weighted by molar-refractivity contribution is 6.33. The lowest BCUT2D eigenvalue weighted by Gasteiger charge is -2.00. The molecule has 0 fully saturated rings. The fraction of sp³-hybridized carbons (Fsp3) is 0. The Balaban J connectivity index is 1.65. The first kappa shape index (κ1) is 14.5. The molecule has 4 rings (SSSR count). The Kier molecular flexibility index (Phi) is 3.55. The number of pyridine rings is 1. The van der Waals surface area contributed by atoms with Crippen LogP contribution in [0.15, 0.2) is 59.5 Å². The highest BCUT2D eigenvalue weighted by atomic mass is 35.5. The lowest BCUT2D eigenvalue weighted by atomic mass is 10.2. The van der Waals surface area contributed by atoms with Gasteiger partial charge in [0.25, 0.3) is 5.89 Å². The molecule has 0 bridgehead atoms. The fourth-order valence-corrected chi connectivity index (χ4v) is 2.42. The molecule has 0 aliphatic carbocycles. The van der Waals surface area contributed by atoms with Crippen molar-refractivity contribution in [2.24, 2.45) is 0 Å². The van der Waals surface area contributed by atoms with Crippen molar-refractivity contribution in [2.75, 3.05) is 0 Å². The molecule has 0 spiro atoms. The number of nitrogens with zero attached hydrogens (tertiary/aromatic N) is 5. The molecule has 1 aromatic carbocycles. The summed E-state index contributed by atoms with van der Waals surface area (Å²) in [6.45, 7) is 0. The molecule has 4 aromatic rings. The lowest BCUT2D eigenvalue weighted by Crippen LogP contribution is -1.97. The highest BCUT2D eigenvalue weighted by Gasteiger charge is 2.14. The van der Waals surface area contributed by atoms with Crippen LogP contribution in [0.3, 0.4) is 0 Å². The van der Waals surface area contributed by atoms with Gasteiger partial charge in [0.2, 0.25) is 5.82 Å². The van der Waals surface area contributed by atoms with Crippen LogP contribution >= 0.6 is 11.6 Å². The molecule has 0 aliphatic heterocycles. The molecule has 0 N–H and O–H groups in total. The van der Waals surface area contributed by atoms with Crippen LogP contribution in [0.4, 0.5) is 4.39 Å². The molecule has 0 saturated heterocycles. The minimum absolute atomic E-state index is 0.206. The van der Waals surface area contributed by atoms with Crippen LogP contribution in [0.5, 0.6) is 0 Å². The maximum absolute atomic E-state index is 13.1. The molecule has 0 saturated carbocycles. The Morgan fingerprint density at radius 2 is 2.08 bits per heavy atom. The zero-order chi connectivity index (χ0) is 16.5. The summed E-state index contributed by atoms with van der Waals surface area (Å²) < 4.78 is 20.0. The number of hydrogen-bond acceptors (Lipinski definition) is 5. The molecule has 8 heteroatoms. The van der Waals surface area contributed by atoms with E-state index in [1.807, 2.05) is 12.1 Å². The van der Waals surface area contributed by atoms with Crippen LogP contribution < -0.4 is 0 Å². The molecule has 0 radical (unpaired) electrons. The van der Waals surface area contributed by atoms with Crippen LogP contribution in [0.2, 0.25) is 5.02 Å². The summed E-state index contributed by atoms with van der Waals surface area (Å²) in [6.07, 6.45) is 5.09. The third-order valence-corrected chi connectivity index (χ3v) is 3.65. The van der Waals surface area contributed by atoms with Gasteiger partial charge in [0, 0.05) is 24.2 Å². The van der Waals surface area contributed by atoms with Gasteiger partial charge in [-0.3, -0.25) is 0 Å². The third kappa shape index (κ3) is 2.65. The first-order chi connectivity index (χ1) is 11.7. The smallest absolute Gasteiger partial charge is 0.259 e. The second kappa shape index (κ2) is 5.86. The molecule has 0 aliphatic rings. The Morgan fingerprint density at radius 3 is 2.79 bits per heavy atom. The van der Waals surface area contributed by atoms with E-state index in [0.29, 0.717) is 22.8 Å². The van der Waals surface area contributed by atoms with Crippen LogP contribution in [-0.2, 0) is 0 Å². The van der Waals surface area contributed by atoms with Gasteiger partial charge in [-0.25, -0.2) is 14.1 Å². The van der Waals surface area contributed by atoms with Crippen molar-refractivity contribution in [3.05, 3.63) is 65.8 Å². The fourth-order valence-electron chi connectivity index (χ4n) is 2.17. The van der Waals surface area contributed by atoms with E-state index in [9.17, 15) is 4.39 Å². The van der Waals surface area contributed by atoms with Crippen molar-refractivity contribution >= 4 is 11.6 Å². The Morgan fingerprint density at radius 1 is 1.17 bits per heavy atom.